The van der Waals surface area contributed by atoms with E-state index in [0.29, 0.717) is 19.4 Å². The number of hydrogen-bond donors (Lipinski definition) is 2. The van der Waals surface area contributed by atoms with Crippen molar-refractivity contribution >= 4 is 12.2 Å². The van der Waals surface area contributed by atoms with Crippen LogP contribution in [0.15, 0.2) is 54.6 Å². The molecular weight excluding hydrogens is 492 g/mol. The molecule has 2 aromatic carbocycles. The summed E-state index contributed by atoms with van der Waals surface area (Å²) in [6, 6.07) is 17.4. The lowest BCUT2D eigenvalue weighted by molar-refractivity contribution is -0.101. The highest BCUT2D eigenvalue weighted by molar-refractivity contribution is 5.70. The van der Waals surface area contributed by atoms with Crippen molar-refractivity contribution in [2.45, 2.75) is 88.5 Å². The average molecular weight is 533 g/mol. The molecule has 0 radical (unpaired) electrons. The normalized spacial score (nSPS) is 21.7. The molecule has 2 amide bonds. The van der Waals surface area contributed by atoms with Crippen LogP contribution in [0.5, 0.6) is 0 Å². The van der Waals surface area contributed by atoms with Crippen LogP contribution in [0.2, 0.25) is 0 Å². The summed E-state index contributed by atoms with van der Waals surface area (Å²) in [5, 5.41) is 13.6. The van der Waals surface area contributed by atoms with Gasteiger partial charge >= 0.3 is 12.2 Å². The van der Waals surface area contributed by atoms with Crippen molar-refractivity contribution in [2.24, 2.45) is 0 Å². The molecule has 0 bridgehead atoms. The molecule has 0 unspecified atom stereocenters. The number of methoxy groups -OCH3 is 1. The van der Waals surface area contributed by atoms with E-state index in [1.54, 1.807) is 18.7 Å². The van der Waals surface area contributed by atoms with E-state index >= 15 is 0 Å². The van der Waals surface area contributed by atoms with Gasteiger partial charge in [-0.3, -0.25) is 0 Å². The zero-order valence-corrected chi connectivity index (χ0v) is 23.5. The van der Waals surface area contributed by atoms with Crippen molar-refractivity contribution in [3.05, 3.63) is 71.3 Å². The predicted octanol–water partition coefficient (Wildman–Crippen LogP) is 6.06. The van der Waals surface area contributed by atoms with Gasteiger partial charge in [0.2, 0.25) is 0 Å². The summed E-state index contributed by atoms with van der Waals surface area (Å²) in [4.78, 5) is 27.0. The van der Waals surface area contributed by atoms with E-state index in [0.717, 1.165) is 48.8 Å². The van der Waals surface area contributed by atoms with Crippen molar-refractivity contribution in [3.8, 4) is 11.8 Å². The van der Waals surface area contributed by atoms with Crippen LogP contribution in [0, 0.1) is 11.8 Å². The molecule has 208 valence electrons. The second kappa shape index (κ2) is 11.7. The lowest BCUT2D eigenvalue weighted by atomic mass is 9.80. The first-order valence-electron chi connectivity index (χ1n) is 13.8. The number of ether oxygens (including phenoxy) is 2. The summed E-state index contributed by atoms with van der Waals surface area (Å²) in [5.41, 5.74) is 0.282. The third-order valence-electron chi connectivity index (χ3n) is 7.83. The number of nitrogens with one attached hydrogen (secondary N) is 1. The van der Waals surface area contributed by atoms with E-state index in [4.69, 9.17) is 9.47 Å². The van der Waals surface area contributed by atoms with Crippen LogP contribution >= 0.6 is 0 Å². The minimum absolute atomic E-state index is 0.193. The molecule has 2 fully saturated rings. The van der Waals surface area contributed by atoms with Gasteiger partial charge in [-0.25, -0.2) is 9.59 Å². The zero-order chi connectivity index (χ0) is 28.1. The van der Waals surface area contributed by atoms with Gasteiger partial charge in [-0.2, -0.15) is 0 Å². The minimum Gasteiger partial charge on any atom is -0.453 e. The molecule has 1 heterocycles. The fraction of sp³-hybridized carbons (Fsp3) is 0.500. The minimum atomic E-state index is -0.997. The summed E-state index contributed by atoms with van der Waals surface area (Å²) >= 11 is 0. The Balaban J connectivity index is 1.48. The standard InChI is InChI=1S/C32H40N2O5/c1-24(34-22-21-32(39-29(34)36,23-30(2,3)37)27-11-7-5-8-12-27)26-15-13-25(14-16-26)17-20-31(33-28(35)38-4)18-9-6-10-19-31/h5,7-8,11-16,24,37H,6,9-10,18-19,21-23H2,1-4H3,(H,33,35)/t24-,32-/m0/s1. The number of cyclic esters (lactones) is 1. The maximum atomic E-state index is 13.3. The maximum Gasteiger partial charge on any atom is 0.411 e. The van der Waals surface area contributed by atoms with E-state index in [1.807, 2.05) is 61.5 Å². The molecule has 7 nitrogen and oxygen atoms in total. The molecule has 0 spiro atoms. The molecule has 2 aliphatic rings. The third-order valence-corrected chi connectivity index (χ3v) is 7.83. The first kappa shape index (κ1) is 28.5. The van der Waals surface area contributed by atoms with Gasteiger partial charge in [-0.05, 0) is 56.9 Å². The van der Waals surface area contributed by atoms with Crippen LogP contribution < -0.4 is 5.32 Å². The SMILES string of the molecule is COC(=O)NC1(C#Cc2ccc([C@H](C)N3CC[C@](CC(C)(C)O)(c4ccccc4)OC3=O)cc2)CCCCC1. The summed E-state index contributed by atoms with van der Waals surface area (Å²) in [7, 11) is 1.37. The number of amides is 2. The van der Waals surface area contributed by atoms with Crippen LogP contribution in [-0.4, -0.2) is 47.0 Å². The Morgan fingerprint density at radius 2 is 1.77 bits per heavy atom. The summed E-state index contributed by atoms with van der Waals surface area (Å²) in [6.45, 7) is 5.98. The molecule has 1 saturated carbocycles. The van der Waals surface area contributed by atoms with Crippen molar-refractivity contribution in [3.63, 3.8) is 0 Å². The number of benzene rings is 2. The molecule has 1 saturated heterocycles. The number of alkyl carbamates (subject to hydrolysis) is 1. The zero-order valence-electron chi connectivity index (χ0n) is 23.5. The maximum absolute atomic E-state index is 13.3. The summed E-state index contributed by atoms with van der Waals surface area (Å²) in [5.74, 6) is 6.55. The van der Waals surface area contributed by atoms with E-state index < -0.39 is 22.8 Å². The molecule has 7 heteroatoms. The van der Waals surface area contributed by atoms with Crippen LogP contribution in [0.4, 0.5) is 9.59 Å². The van der Waals surface area contributed by atoms with Crippen molar-refractivity contribution in [1.82, 2.24) is 10.2 Å². The first-order valence-corrected chi connectivity index (χ1v) is 13.8. The Labute approximate surface area is 231 Å². The van der Waals surface area contributed by atoms with Gasteiger partial charge in [0.05, 0.1) is 18.8 Å². The number of nitrogens with zero attached hydrogens (tertiary/aromatic N) is 1. The lowest BCUT2D eigenvalue weighted by Gasteiger charge is -2.45. The van der Waals surface area contributed by atoms with Gasteiger partial charge in [-0.15, -0.1) is 0 Å². The highest BCUT2D eigenvalue weighted by atomic mass is 16.6. The highest BCUT2D eigenvalue weighted by Crippen LogP contribution is 2.42. The summed E-state index contributed by atoms with van der Waals surface area (Å²) in [6.07, 6.45) is 4.83. The molecule has 4 rings (SSSR count). The summed E-state index contributed by atoms with van der Waals surface area (Å²) < 4.78 is 11.0. The Morgan fingerprint density at radius 3 is 2.36 bits per heavy atom. The number of hydrogen-bond acceptors (Lipinski definition) is 5. The lowest BCUT2D eigenvalue weighted by Crippen LogP contribution is -2.51. The monoisotopic (exact) mass is 532 g/mol. The van der Waals surface area contributed by atoms with Gasteiger partial charge in [0.25, 0.3) is 0 Å². The number of carbonyl (C=O) groups excluding carboxylic acids is 2. The third kappa shape index (κ3) is 6.93. The van der Waals surface area contributed by atoms with Crippen molar-refractivity contribution in [2.75, 3.05) is 13.7 Å². The molecule has 2 N–H and O–H groups in total. The Kier molecular flexibility index (Phi) is 8.56. The topological polar surface area (TPSA) is 88.1 Å². The van der Waals surface area contributed by atoms with Crippen LogP contribution in [0.25, 0.3) is 0 Å². The van der Waals surface area contributed by atoms with Gasteiger partial charge < -0.3 is 24.8 Å². The smallest absolute Gasteiger partial charge is 0.411 e. The molecule has 0 aromatic heterocycles. The second-order valence-electron chi connectivity index (χ2n) is 11.5. The van der Waals surface area contributed by atoms with Crippen LogP contribution in [0.1, 0.15) is 88.4 Å². The van der Waals surface area contributed by atoms with Crippen LogP contribution in [0.3, 0.4) is 0 Å². The first-order chi connectivity index (χ1) is 18.5. The van der Waals surface area contributed by atoms with Crippen molar-refractivity contribution < 1.29 is 24.2 Å². The molecule has 2 aromatic rings. The molecule has 39 heavy (non-hydrogen) atoms. The van der Waals surface area contributed by atoms with Crippen LogP contribution in [-0.2, 0) is 15.1 Å². The molecule has 2 atom stereocenters. The fourth-order valence-electron chi connectivity index (χ4n) is 5.79. The van der Waals surface area contributed by atoms with E-state index in [2.05, 4.69) is 17.2 Å². The molecule has 1 aliphatic heterocycles. The Bertz CT molecular complexity index is 1200. The van der Waals surface area contributed by atoms with E-state index in [9.17, 15) is 14.7 Å². The molecule has 1 aliphatic carbocycles. The largest absolute Gasteiger partial charge is 0.453 e. The Hall–Kier alpha value is -3.50. The van der Waals surface area contributed by atoms with E-state index in [1.165, 1.54) is 7.11 Å². The van der Waals surface area contributed by atoms with Gasteiger partial charge in [0.1, 0.15) is 11.1 Å². The fourth-order valence-corrected chi connectivity index (χ4v) is 5.79. The number of rotatable bonds is 6. The quantitative estimate of drug-likeness (QED) is 0.442. The molecular formula is C32H40N2O5. The van der Waals surface area contributed by atoms with Gasteiger partial charge in [0, 0.05) is 24.9 Å². The predicted molar refractivity (Wildman–Crippen MR) is 150 cm³/mol. The number of carbonyl (C=O) groups is 2. The highest BCUT2D eigenvalue weighted by Gasteiger charge is 2.46. The Morgan fingerprint density at radius 1 is 1.10 bits per heavy atom. The average Bonchev–Trinajstić information content (AvgIpc) is 2.92. The van der Waals surface area contributed by atoms with E-state index in [-0.39, 0.29) is 12.1 Å². The van der Waals surface area contributed by atoms with Gasteiger partial charge in [0.15, 0.2) is 0 Å². The van der Waals surface area contributed by atoms with Crippen molar-refractivity contribution in [1.29, 1.82) is 0 Å². The number of aliphatic hydroxyl groups is 1. The second-order valence-corrected chi connectivity index (χ2v) is 11.5. The van der Waals surface area contributed by atoms with Gasteiger partial charge in [-0.1, -0.05) is 73.6 Å².